The minimum absolute atomic E-state index is 0.585. The zero-order valence-corrected chi connectivity index (χ0v) is 11.7. The van der Waals surface area contributed by atoms with Crippen LogP contribution in [0.4, 0.5) is 10.7 Å². The molecule has 0 saturated carbocycles. The summed E-state index contributed by atoms with van der Waals surface area (Å²) in [4.78, 5) is 1.56. The highest BCUT2D eigenvalue weighted by Crippen LogP contribution is 2.41. The standard InChI is InChI=1S/C11H17N3OS2/c1-3-15-6-4-5-14-11-10(16-2)9(13)8(7-12)17-11/h14H,3-6,13H2,1-2H3. The molecule has 0 aliphatic heterocycles. The molecule has 3 N–H and O–H groups in total. The van der Waals surface area contributed by atoms with Crippen molar-refractivity contribution in [3.8, 4) is 6.07 Å². The lowest BCUT2D eigenvalue weighted by Crippen LogP contribution is -2.05. The van der Waals surface area contributed by atoms with Crippen LogP contribution in [0.25, 0.3) is 0 Å². The number of thiophene rings is 1. The second-order valence-electron chi connectivity index (χ2n) is 3.30. The Labute approximate surface area is 110 Å². The molecule has 1 rings (SSSR count). The molecule has 17 heavy (non-hydrogen) atoms. The smallest absolute Gasteiger partial charge is 0.131 e. The van der Waals surface area contributed by atoms with Gasteiger partial charge in [0.1, 0.15) is 15.9 Å². The van der Waals surface area contributed by atoms with E-state index < -0.39 is 0 Å². The van der Waals surface area contributed by atoms with Crippen molar-refractivity contribution in [2.75, 3.05) is 37.1 Å². The molecule has 0 amide bonds. The van der Waals surface area contributed by atoms with Crippen molar-refractivity contribution >= 4 is 33.8 Å². The molecule has 94 valence electrons. The van der Waals surface area contributed by atoms with Gasteiger partial charge in [-0.15, -0.1) is 23.1 Å². The second kappa shape index (κ2) is 7.43. The maximum atomic E-state index is 8.92. The number of ether oxygens (including phenoxy) is 1. The Hall–Kier alpha value is -0.900. The monoisotopic (exact) mass is 271 g/mol. The van der Waals surface area contributed by atoms with Crippen LogP contribution in [-0.2, 0) is 4.74 Å². The largest absolute Gasteiger partial charge is 0.396 e. The van der Waals surface area contributed by atoms with Gasteiger partial charge in [0.15, 0.2) is 0 Å². The first-order chi connectivity index (χ1) is 8.24. The molecule has 6 heteroatoms. The molecular weight excluding hydrogens is 254 g/mol. The Morgan fingerprint density at radius 1 is 1.59 bits per heavy atom. The Bertz CT molecular complexity index is 398. The van der Waals surface area contributed by atoms with E-state index in [9.17, 15) is 0 Å². The number of nitrogen functional groups attached to an aromatic ring is 1. The molecule has 0 aliphatic carbocycles. The Morgan fingerprint density at radius 2 is 2.35 bits per heavy atom. The van der Waals surface area contributed by atoms with E-state index in [1.54, 1.807) is 11.8 Å². The zero-order valence-electron chi connectivity index (χ0n) is 10.1. The first-order valence-corrected chi connectivity index (χ1v) is 7.46. The van der Waals surface area contributed by atoms with Crippen molar-refractivity contribution in [2.45, 2.75) is 18.2 Å². The van der Waals surface area contributed by atoms with E-state index >= 15 is 0 Å². The number of thioether (sulfide) groups is 1. The SMILES string of the molecule is CCOCCCNc1sc(C#N)c(N)c1SC. The summed E-state index contributed by atoms with van der Waals surface area (Å²) in [5.74, 6) is 0. The molecule has 1 heterocycles. The van der Waals surface area contributed by atoms with E-state index in [1.807, 2.05) is 13.2 Å². The maximum absolute atomic E-state index is 8.92. The van der Waals surface area contributed by atoms with Crippen LogP contribution >= 0.6 is 23.1 Å². The van der Waals surface area contributed by atoms with Gasteiger partial charge in [0.2, 0.25) is 0 Å². The highest BCUT2D eigenvalue weighted by molar-refractivity contribution is 7.99. The fourth-order valence-electron chi connectivity index (χ4n) is 1.35. The minimum Gasteiger partial charge on any atom is -0.396 e. The van der Waals surface area contributed by atoms with Crippen LogP contribution in [0.3, 0.4) is 0 Å². The number of nitrogens with two attached hydrogens (primary N) is 1. The molecule has 0 aromatic carbocycles. The predicted octanol–water partition coefficient (Wildman–Crippen LogP) is 2.76. The summed E-state index contributed by atoms with van der Waals surface area (Å²) in [5, 5.41) is 13.2. The molecular formula is C11H17N3OS2. The maximum Gasteiger partial charge on any atom is 0.131 e. The molecule has 0 unspecified atom stereocenters. The van der Waals surface area contributed by atoms with Crippen molar-refractivity contribution in [3.05, 3.63) is 4.88 Å². The number of nitrogens with zero attached hydrogens (tertiary/aromatic N) is 1. The van der Waals surface area contributed by atoms with E-state index in [0.717, 1.165) is 36.1 Å². The topological polar surface area (TPSA) is 71.1 Å². The molecule has 0 saturated heterocycles. The fourth-order valence-corrected chi connectivity index (χ4v) is 3.21. The summed E-state index contributed by atoms with van der Waals surface area (Å²) in [6.07, 6.45) is 2.91. The van der Waals surface area contributed by atoms with Crippen molar-refractivity contribution in [3.63, 3.8) is 0 Å². The summed E-state index contributed by atoms with van der Waals surface area (Å²) >= 11 is 2.98. The second-order valence-corrected chi connectivity index (χ2v) is 5.13. The van der Waals surface area contributed by atoms with E-state index in [0.29, 0.717) is 10.6 Å². The van der Waals surface area contributed by atoms with Gasteiger partial charge in [0.05, 0.1) is 10.6 Å². The highest BCUT2D eigenvalue weighted by atomic mass is 32.2. The Balaban J connectivity index is 2.56. The van der Waals surface area contributed by atoms with Gasteiger partial charge in [-0.3, -0.25) is 0 Å². The molecule has 0 atom stereocenters. The molecule has 4 nitrogen and oxygen atoms in total. The van der Waals surface area contributed by atoms with E-state index in [2.05, 4.69) is 11.4 Å². The molecule has 0 fully saturated rings. The summed E-state index contributed by atoms with van der Waals surface area (Å²) in [6, 6.07) is 2.12. The van der Waals surface area contributed by atoms with Crippen LogP contribution < -0.4 is 11.1 Å². The summed E-state index contributed by atoms with van der Waals surface area (Å²) < 4.78 is 5.26. The van der Waals surface area contributed by atoms with Crippen LogP contribution in [0.1, 0.15) is 18.2 Å². The summed E-state index contributed by atoms with van der Waals surface area (Å²) in [6.45, 7) is 4.32. The number of nitrogens with one attached hydrogen (secondary N) is 1. The van der Waals surface area contributed by atoms with Gasteiger partial charge >= 0.3 is 0 Å². The van der Waals surface area contributed by atoms with Gasteiger partial charge in [-0.2, -0.15) is 5.26 Å². The first-order valence-electron chi connectivity index (χ1n) is 5.42. The molecule has 0 bridgehead atoms. The summed E-state index contributed by atoms with van der Waals surface area (Å²) in [7, 11) is 0. The van der Waals surface area contributed by atoms with Crippen LogP contribution in [0.2, 0.25) is 0 Å². The predicted molar refractivity (Wildman–Crippen MR) is 74.8 cm³/mol. The number of hydrogen-bond donors (Lipinski definition) is 2. The minimum atomic E-state index is 0.585. The van der Waals surface area contributed by atoms with Crippen LogP contribution in [0.15, 0.2) is 4.90 Å². The molecule has 0 aliphatic rings. The van der Waals surface area contributed by atoms with Crippen LogP contribution in [0.5, 0.6) is 0 Å². The Kier molecular flexibility index (Phi) is 6.19. The average Bonchev–Trinajstić information content (AvgIpc) is 2.65. The van der Waals surface area contributed by atoms with Gasteiger partial charge < -0.3 is 15.8 Å². The van der Waals surface area contributed by atoms with Gasteiger partial charge in [-0.25, -0.2) is 0 Å². The van der Waals surface area contributed by atoms with Crippen molar-refractivity contribution in [1.82, 2.24) is 0 Å². The molecule has 0 radical (unpaired) electrons. The highest BCUT2D eigenvalue weighted by Gasteiger charge is 2.14. The number of hydrogen-bond acceptors (Lipinski definition) is 6. The first kappa shape index (κ1) is 14.2. The fraction of sp³-hybridized carbons (Fsp3) is 0.545. The van der Waals surface area contributed by atoms with Gasteiger partial charge in [-0.05, 0) is 19.6 Å². The van der Waals surface area contributed by atoms with Crippen LogP contribution in [0, 0.1) is 11.3 Å². The lowest BCUT2D eigenvalue weighted by atomic mass is 10.4. The quantitative estimate of drug-likeness (QED) is 0.589. The number of rotatable bonds is 7. The van der Waals surface area contributed by atoms with Crippen molar-refractivity contribution in [2.24, 2.45) is 0 Å². The van der Waals surface area contributed by atoms with Crippen molar-refractivity contribution in [1.29, 1.82) is 5.26 Å². The Morgan fingerprint density at radius 3 is 2.94 bits per heavy atom. The van der Waals surface area contributed by atoms with E-state index in [4.69, 9.17) is 15.7 Å². The van der Waals surface area contributed by atoms with E-state index in [-0.39, 0.29) is 0 Å². The third kappa shape index (κ3) is 3.80. The van der Waals surface area contributed by atoms with E-state index in [1.165, 1.54) is 11.3 Å². The molecule has 1 aromatic heterocycles. The summed E-state index contributed by atoms with van der Waals surface area (Å²) in [5.41, 5.74) is 6.47. The van der Waals surface area contributed by atoms with Crippen molar-refractivity contribution < 1.29 is 4.74 Å². The normalized spacial score (nSPS) is 10.2. The third-order valence-electron chi connectivity index (χ3n) is 2.16. The van der Waals surface area contributed by atoms with Gasteiger partial charge in [0.25, 0.3) is 0 Å². The van der Waals surface area contributed by atoms with Crippen LogP contribution in [-0.4, -0.2) is 26.0 Å². The third-order valence-corrected chi connectivity index (χ3v) is 4.19. The lowest BCUT2D eigenvalue weighted by Gasteiger charge is -2.06. The number of nitriles is 1. The zero-order chi connectivity index (χ0) is 12.7. The van der Waals surface area contributed by atoms with Gasteiger partial charge in [0, 0.05) is 19.8 Å². The molecule has 0 spiro atoms. The molecule has 1 aromatic rings. The van der Waals surface area contributed by atoms with Gasteiger partial charge in [-0.1, -0.05) is 0 Å². The lowest BCUT2D eigenvalue weighted by molar-refractivity contribution is 0.147. The average molecular weight is 271 g/mol. The number of anilines is 2.